The molecular weight excluding hydrogens is 384 g/mol. The Labute approximate surface area is 170 Å². The second-order valence-electron chi connectivity index (χ2n) is 7.07. The van der Waals surface area contributed by atoms with Crippen LogP contribution in [-0.4, -0.2) is 82.2 Å². The molecular formula is C20H29F2N3O4. The number of hydrogen-bond donors (Lipinski definition) is 0. The summed E-state index contributed by atoms with van der Waals surface area (Å²) >= 11 is 0. The number of ether oxygens (including phenoxy) is 3. The van der Waals surface area contributed by atoms with Crippen LogP contribution in [0.3, 0.4) is 0 Å². The van der Waals surface area contributed by atoms with E-state index in [1.54, 1.807) is 14.2 Å². The fourth-order valence-corrected chi connectivity index (χ4v) is 3.05. The predicted molar refractivity (Wildman–Crippen MR) is 105 cm³/mol. The number of hydrazone groups is 1. The van der Waals surface area contributed by atoms with Crippen molar-refractivity contribution in [3.8, 4) is 5.75 Å². The molecule has 0 unspecified atom stereocenters. The zero-order valence-corrected chi connectivity index (χ0v) is 17.4. The van der Waals surface area contributed by atoms with E-state index in [4.69, 9.17) is 14.2 Å². The fourth-order valence-electron chi connectivity index (χ4n) is 3.05. The second kappa shape index (κ2) is 10.5. The Hall–Kier alpha value is -2.26. The SMILES string of the molecule is COCCN(C)CCOc1ccc(/C=N/N(C)C2(C(=O)OC)CCC2)c(F)c1F. The summed E-state index contributed by atoms with van der Waals surface area (Å²) in [5, 5.41) is 5.60. The Morgan fingerprint density at radius 2 is 1.86 bits per heavy atom. The van der Waals surface area contributed by atoms with E-state index in [0.29, 0.717) is 32.5 Å². The fraction of sp³-hybridized carbons (Fsp3) is 0.600. The normalized spacial score (nSPS) is 15.4. The standard InChI is InChI=1S/C20H29F2N3O4/c1-24(10-12-27-3)11-13-29-16-7-6-15(17(21)18(16)22)14-23-25(2)20(8-5-9-20)19(26)28-4/h6-7,14H,5,8-13H2,1-4H3/b23-14+. The molecule has 0 spiro atoms. The minimum atomic E-state index is -1.07. The smallest absolute Gasteiger partial charge is 0.333 e. The molecule has 2 rings (SSSR count). The van der Waals surface area contributed by atoms with Gasteiger partial charge < -0.3 is 19.1 Å². The van der Waals surface area contributed by atoms with Crippen molar-refractivity contribution in [3.63, 3.8) is 0 Å². The first-order valence-corrected chi connectivity index (χ1v) is 9.50. The van der Waals surface area contributed by atoms with Gasteiger partial charge in [0.25, 0.3) is 0 Å². The summed E-state index contributed by atoms with van der Waals surface area (Å²) in [6, 6.07) is 2.76. The van der Waals surface area contributed by atoms with Crippen LogP contribution in [0.25, 0.3) is 0 Å². The van der Waals surface area contributed by atoms with Crippen LogP contribution in [0.2, 0.25) is 0 Å². The lowest BCUT2D eigenvalue weighted by atomic mass is 9.76. The van der Waals surface area contributed by atoms with Gasteiger partial charge in [-0.1, -0.05) is 0 Å². The maximum Gasteiger partial charge on any atom is 0.333 e. The average molecular weight is 413 g/mol. The third-order valence-electron chi connectivity index (χ3n) is 5.22. The number of methoxy groups -OCH3 is 2. The Kier molecular flexibility index (Phi) is 8.33. The van der Waals surface area contributed by atoms with E-state index in [1.807, 2.05) is 11.9 Å². The second-order valence-corrected chi connectivity index (χ2v) is 7.07. The van der Waals surface area contributed by atoms with Gasteiger partial charge in [-0.05, 0) is 38.4 Å². The van der Waals surface area contributed by atoms with Gasteiger partial charge in [-0.15, -0.1) is 0 Å². The molecule has 0 heterocycles. The molecule has 0 amide bonds. The van der Waals surface area contributed by atoms with Crippen molar-refractivity contribution in [2.24, 2.45) is 5.10 Å². The van der Waals surface area contributed by atoms with Crippen molar-refractivity contribution < 1.29 is 27.8 Å². The van der Waals surface area contributed by atoms with Gasteiger partial charge in [-0.25, -0.2) is 9.18 Å². The minimum Gasteiger partial charge on any atom is -0.489 e. The number of esters is 1. The Morgan fingerprint density at radius 3 is 2.45 bits per heavy atom. The van der Waals surface area contributed by atoms with Gasteiger partial charge >= 0.3 is 5.97 Å². The monoisotopic (exact) mass is 413 g/mol. The van der Waals surface area contributed by atoms with E-state index in [9.17, 15) is 13.6 Å². The quantitative estimate of drug-likeness (QED) is 0.315. The maximum absolute atomic E-state index is 14.4. The number of carbonyl (C=O) groups is 1. The first kappa shape index (κ1) is 23.0. The predicted octanol–water partition coefficient (Wildman–Crippen LogP) is 2.28. The molecule has 1 aliphatic carbocycles. The molecule has 0 aliphatic heterocycles. The molecule has 0 atom stereocenters. The highest BCUT2D eigenvalue weighted by Gasteiger charge is 2.49. The highest BCUT2D eigenvalue weighted by Crippen LogP contribution is 2.38. The number of nitrogens with zero attached hydrogens (tertiary/aromatic N) is 3. The number of halogens is 2. The molecule has 0 saturated heterocycles. The van der Waals surface area contributed by atoms with Crippen LogP contribution in [0, 0.1) is 11.6 Å². The number of rotatable bonds is 11. The molecule has 0 radical (unpaired) electrons. The van der Waals surface area contributed by atoms with Crippen molar-refractivity contribution in [1.82, 2.24) is 9.91 Å². The summed E-state index contributed by atoms with van der Waals surface area (Å²) in [5.41, 5.74) is -0.865. The van der Waals surface area contributed by atoms with Crippen molar-refractivity contribution in [2.45, 2.75) is 24.8 Å². The number of carbonyl (C=O) groups excluding carboxylic acids is 1. The van der Waals surface area contributed by atoms with Crippen molar-refractivity contribution in [3.05, 3.63) is 29.3 Å². The van der Waals surface area contributed by atoms with Crippen molar-refractivity contribution in [1.29, 1.82) is 0 Å². The van der Waals surface area contributed by atoms with Crippen LogP contribution < -0.4 is 4.74 Å². The van der Waals surface area contributed by atoms with Crippen LogP contribution in [0.15, 0.2) is 17.2 Å². The number of benzene rings is 1. The molecule has 0 bridgehead atoms. The van der Waals surface area contributed by atoms with Crippen LogP contribution >= 0.6 is 0 Å². The van der Waals surface area contributed by atoms with Gasteiger partial charge in [0.05, 0.1) is 19.9 Å². The molecule has 1 saturated carbocycles. The Balaban J connectivity index is 2.00. The zero-order chi connectivity index (χ0) is 21.4. The molecule has 1 aromatic rings. The minimum absolute atomic E-state index is 0.0294. The first-order chi connectivity index (χ1) is 13.9. The lowest BCUT2D eigenvalue weighted by molar-refractivity contribution is -0.160. The van der Waals surface area contributed by atoms with E-state index in [-0.39, 0.29) is 23.9 Å². The molecule has 7 nitrogen and oxygen atoms in total. The summed E-state index contributed by atoms with van der Waals surface area (Å²) in [6.45, 7) is 2.06. The van der Waals surface area contributed by atoms with E-state index in [2.05, 4.69) is 5.10 Å². The van der Waals surface area contributed by atoms with Crippen LogP contribution in [0.1, 0.15) is 24.8 Å². The van der Waals surface area contributed by atoms with E-state index >= 15 is 0 Å². The summed E-state index contributed by atoms with van der Waals surface area (Å²) < 4.78 is 43.9. The van der Waals surface area contributed by atoms with Crippen molar-refractivity contribution in [2.75, 3.05) is 54.6 Å². The van der Waals surface area contributed by atoms with Gasteiger partial charge in [0.2, 0.25) is 5.82 Å². The highest BCUT2D eigenvalue weighted by atomic mass is 19.2. The maximum atomic E-state index is 14.4. The van der Waals surface area contributed by atoms with Gasteiger partial charge in [0, 0.05) is 32.8 Å². The third kappa shape index (κ3) is 5.42. The van der Waals surface area contributed by atoms with Crippen LogP contribution in [-0.2, 0) is 14.3 Å². The lowest BCUT2D eigenvalue weighted by Crippen LogP contribution is -2.56. The molecule has 162 valence electrons. The zero-order valence-electron chi connectivity index (χ0n) is 17.4. The number of likely N-dealkylation sites (N-methyl/N-ethyl adjacent to an activating group) is 2. The van der Waals surface area contributed by atoms with Crippen LogP contribution in [0.5, 0.6) is 5.75 Å². The molecule has 9 heteroatoms. The van der Waals surface area contributed by atoms with Gasteiger partial charge in [-0.2, -0.15) is 9.49 Å². The molecule has 1 aromatic carbocycles. The summed E-state index contributed by atoms with van der Waals surface area (Å²) in [7, 11) is 6.45. The Bertz CT molecular complexity index is 726. The average Bonchev–Trinajstić information content (AvgIpc) is 2.67. The Morgan fingerprint density at radius 1 is 1.17 bits per heavy atom. The largest absolute Gasteiger partial charge is 0.489 e. The van der Waals surface area contributed by atoms with Crippen molar-refractivity contribution >= 4 is 12.2 Å². The van der Waals surface area contributed by atoms with E-state index < -0.39 is 17.2 Å². The van der Waals surface area contributed by atoms with E-state index in [0.717, 1.165) is 6.42 Å². The molecule has 0 aromatic heterocycles. The van der Waals surface area contributed by atoms with Gasteiger partial charge in [-0.3, -0.25) is 5.01 Å². The van der Waals surface area contributed by atoms with Crippen LogP contribution in [0.4, 0.5) is 8.78 Å². The molecule has 29 heavy (non-hydrogen) atoms. The first-order valence-electron chi connectivity index (χ1n) is 9.50. The molecule has 1 fully saturated rings. The van der Waals surface area contributed by atoms with E-state index in [1.165, 1.54) is 30.5 Å². The molecule has 1 aliphatic rings. The topological polar surface area (TPSA) is 63.6 Å². The number of hydrogen-bond acceptors (Lipinski definition) is 7. The summed E-state index contributed by atoms with van der Waals surface area (Å²) in [6.07, 6.45) is 3.29. The molecule has 0 N–H and O–H groups in total. The van der Waals surface area contributed by atoms with Gasteiger partial charge in [0.15, 0.2) is 17.1 Å². The summed E-state index contributed by atoms with van der Waals surface area (Å²) in [4.78, 5) is 14.0. The highest BCUT2D eigenvalue weighted by molar-refractivity contribution is 5.83. The lowest BCUT2D eigenvalue weighted by Gasteiger charge is -2.44. The van der Waals surface area contributed by atoms with Gasteiger partial charge in [0.1, 0.15) is 6.61 Å². The third-order valence-corrected chi connectivity index (χ3v) is 5.22. The summed E-state index contributed by atoms with van der Waals surface area (Å²) in [5.74, 6) is -2.65.